The summed E-state index contributed by atoms with van der Waals surface area (Å²) in [6, 6.07) is 0.566. The average Bonchev–Trinajstić information content (AvgIpc) is 3.05. The van der Waals surface area contributed by atoms with Crippen molar-refractivity contribution >= 4 is 23.6 Å². The zero-order valence-corrected chi connectivity index (χ0v) is 12.1. The maximum atomic E-state index is 11.4. The minimum Gasteiger partial charge on any atom is -0.480 e. The lowest BCUT2D eigenvalue weighted by Gasteiger charge is -2.42. The molecule has 0 bridgehead atoms. The third-order valence-electron chi connectivity index (χ3n) is 3.80. The van der Waals surface area contributed by atoms with Gasteiger partial charge < -0.3 is 10.4 Å². The normalized spacial score (nSPS) is 26.0. The van der Waals surface area contributed by atoms with Crippen molar-refractivity contribution in [1.82, 2.24) is 10.2 Å². The number of carboxylic acids is 1. The Morgan fingerprint density at radius 3 is 2.58 bits per heavy atom. The molecule has 0 radical (unpaired) electrons. The van der Waals surface area contributed by atoms with Gasteiger partial charge in [-0.15, -0.1) is 0 Å². The van der Waals surface area contributed by atoms with E-state index in [4.69, 9.17) is 5.11 Å². The fourth-order valence-corrected chi connectivity index (χ4v) is 2.90. The summed E-state index contributed by atoms with van der Waals surface area (Å²) in [7, 11) is 0. The Kier molecular flexibility index (Phi) is 5.10. The molecule has 0 aromatic heterocycles. The highest BCUT2D eigenvalue weighted by Gasteiger charge is 2.37. The molecule has 0 heterocycles. The molecule has 2 rings (SSSR count). The highest BCUT2D eigenvalue weighted by Crippen LogP contribution is 2.33. The minimum absolute atomic E-state index is 0.0860. The Hall–Kier alpha value is -0.750. The summed E-state index contributed by atoms with van der Waals surface area (Å²) in [5.74, 6) is 0.533. The van der Waals surface area contributed by atoms with E-state index < -0.39 is 5.97 Å². The van der Waals surface area contributed by atoms with Gasteiger partial charge in [0, 0.05) is 18.6 Å². The number of carboxylic acid groups (broad SMARTS) is 1. The molecule has 2 saturated carbocycles. The third-order valence-corrected chi connectivity index (χ3v) is 4.35. The summed E-state index contributed by atoms with van der Waals surface area (Å²) >= 11 is 1.52. The van der Waals surface area contributed by atoms with Crippen molar-refractivity contribution in [2.45, 2.75) is 37.8 Å². The van der Waals surface area contributed by atoms with Gasteiger partial charge >= 0.3 is 5.97 Å². The molecule has 19 heavy (non-hydrogen) atoms. The predicted octanol–water partition coefficient (Wildman–Crippen LogP) is 0.793. The van der Waals surface area contributed by atoms with E-state index in [0.29, 0.717) is 17.7 Å². The largest absolute Gasteiger partial charge is 0.480 e. The molecule has 2 aliphatic rings. The number of carbonyl (C=O) groups excluding carboxylic acids is 1. The Labute approximate surface area is 118 Å². The van der Waals surface area contributed by atoms with Crippen LogP contribution in [-0.4, -0.2) is 59.1 Å². The van der Waals surface area contributed by atoms with Crippen LogP contribution in [0.15, 0.2) is 0 Å². The first-order valence-corrected chi connectivity index (χ1v) is 8.22. The van der Waals surface area contributed by atoms with Gasteiger partial charge in [-0.1, -0.05) is 0 Å². The van der Waals surface area contributed by atoms with Gasteiger partial charge in [-0.3, -0.25) is 14.5 Å². The van der Waals surface area contributed by atoms with E-state index in [1.165, 1.54) is 24.6 Å². The van der Waals surface area contributed by atoms with Crippen LogP contribution in [0.25, 0.3) is 0 Å². The Balaban J connectivity index is 1.72. The quantitative estimate of drug-likeness (QED) is 0.690. The zero-order chi connectivity index (χ0) is 13.8. The van der Waals surface area contributed by atoms with E-state index in [1.807, 2.05) is 6.26 Å². The van der Waals surface area contributed by atoms with Crippen molar-refractivity contribution in [2.75, 3.05) is 25.1 Å². The maximum absolute atomic E-state index is 11.4. The molecule has 108 valence electrons. The molecule has 1 amide bonds. The van der Waals surface area contributed by atoms with Crippen LogP contribution in [0.4, 0.5) is 0 Å². The van der Waals surface area contributed by atoms with Gasteiger partial charge in [0.25, 0.3) is 0 Å². The van der Waals surface area contributed by atoms with E-state index in [-0.39, 0.29) is 18.5 Å². The van der Waals surface area contributed by atoms with Gasteiger partial charge in [0.05, 0.1) is 12.3 Å². The number of thioether (sulfide) groups is 1. The number of aliphatic carboxylic acids is 1. The topological polar surface area (TPSA) is 69.6 Å². The van der Waals surface area contributed by atoms with Crippen LogP contribution in [0.5, 0.6) is 0 Å². The van der Waals surface area contributed by atoms with Crippen molar-refractivity contribution in [3.8, 4) is 0 Å². The summed E-state index contributed by atoms with van der Waals surface area (Å²) in [6.07, 6.45) is 6.15. The summed E-state index contributed by atoms with van der Waals surface area (Å²) in [5.41, 5.74) is 0. The van der Waals surface area contributed by atoms with Crippen LogP contribution in [0.3, 0.4) is 0 Å². The standard InChI is InChI=1S/C13H22N2O3S/c1-19-8-12(16)14-10-4-11(5-10)15(7-13(17)18)6-9-2-3-9/h9-11H,2-8H2,1H3,(H,14,16)(H,17,18). The molecule has 0 spiro atoms. The van der Waals surface area contributed by atoms with Gasteiger partial charge in [0.1, 0.15) is 0 Å². The highest BCUT2D eigenvalue weighted by atomic mass is 32.2. The Bertz CT molecular complexity index is 341. The summed E-state index contributed by atoms with van der Waals surface area (Å²) in [6.45, 7) is 1.04. The van der Waals surface area contributed by atoms with Crippen molar-refractivity contribution in [2.24, 2.45) is 5.92 Å². The molecule has 0 saturated heterocycles. The third kappa shape index (κ3) is 4.69. The van der Waals surface area contributed by atoms with Crippen LogP contribution in [0.1, 0.15) is 25.7 Å². The number of hydrogen-bond donors (Lipinski definition) is 2. The van der Waals surface area contributed by atoms with Gasteiger partial charge in [-0.25, -0.2) is 0 Å². The first kappa shape index (κ1) is 14.7. The van der Waals surface area contributed by atoms with Gasteiger partial charge in [0.2, 0.25) is 5.91 Å². The molecular weight excluding hydrogens is 264 g/mol. The van der Waals surface area contributed by atoms with Crippen LogP contribution < -0.4 is 5.32 Å². The van der Waals surface area contributed by atoms with Crippen molar-refractivity contribution in [3.63, 3.8) is 0 Å². The number of hydrogen-bond acceptors (Lipinski definition) is 4. The molecule has 0 aromatic carbocycles. The number of amides is 1. The Morgan fingerprint density at radius 2 is 2.05 bits per heavy atom. The van der Waals surface area contributed by atoms with Crippen LogP contribution in [0.2, 0.25) is 0 Å². The lowest BCUT2D eigenvalue weighted by atomic mass is 9.85. The number of nitrogens with one attached hydrogen (secondary N) is 1. The fourth-order valence-electron chi connectivity index (χ4n) is 2.55. The lowest BCUT2D eigenvalue weighted by molar-refractivity contribution is -0.140. The zero-order valence-electron chi connectivity index (χ0n) is 11.3. The molecule has 2 aliphatic carbocycles. The second-order valence-electron chi connectivity index (χ2n) is 5.59. The summed E-state index contributed by atoms with van der Waals surface area (Å²) < 4.78 is 0. The number of nitrogens with zero attached hydrogens (tertiary/aromatic N) is 1. The second-order valence-corrected chi connectivity index (χ2v) is 6.46. The Morgan fingerprint density at radius 1 is 1.37 bits per heavy atom. The number of carbonyl (C=O) groups is 2. The van der Waals surface area contributed by atoms with Gasteiger partial charge in [0.15, 0.2) is 0 Å². The molecule has 6 heteroatoms. The lowest BCUT2D eigenvalue weighted by Crippen LogP contribution is -2.55. The average molecular weight is 286 g/mol. The first-order chi connectivity index (χ1) is 9.08. The minimum atomic E-state index is -0.754. The highest BCUT2D eigenvalue weighted by molar-refractivity contribution is 7.99. The second kappa shape index (κ2) is 6.61. The van der Waals surface area contributed by atoms with E-state index in [2.05, 4.69) is 10.2 Å². The monoisotopic (exact) mass is 286 g/mol. The van der Waals surface area contributed by atoms with E-state index in [9.17, 15) is 9.59 Å². The summed E-state index contributed by atoms with van der Waals surface area (Å²) in [4.78, 5) is 24.4. The van der Waals surface area contributed by atoms with Crippen molar-refractivity contribution < 1.29 is 14.7 Å². The number of rotatable bonds is 8. The SMILES string of the molecule is CSCC(=O)NC1CC(N(CC(=O)O)CC2CC2)C1. The molecule has 0 atom stereocenters. The van der Waals surface area contributed by atoms with E-state index in [0.717, 1.165) is 19.4 Å². The van der Waals surface area contributed by atoms with E-state index in [1.54, 1.807) is 0 Å². The molecule has 5 nitrogen and oxygen atoms in total. The molecule has 0 unspecified atom stereocenters. The molecular formula is C13H22N2O3S. The van der Waals surface area contributed by atoms with Crippen LogP contribution >= 0.6 is 11.8 Å². The molecule has 2 fully saturated rings. The first-order valence-electron chi connectivity index (χ1n) is 6.82. The van der Waals surface area contributed by atoms with Gasteiger partial charge in [-0.2, -0.15) is 11.8 Å². The van der Waals surface area contributed by atoms with Crippen LogP contribution in [-0.2, 0) is 9.59 Å². The van der Waals surface area contributed by atoms with Crippen molar-refractivity contribution in [1.29, 1.82) is 0 Å². The molecule has 0 aliphatic heterocycles. The fraction of sp³-hybridized carbons (Fsp3) is 0.846. The predicted molar refractivity (Wildman–Crippen MR) is 75.3 cm³/mol. The molecule has 0 aromatic rings. The summed E-state index contributed by atoms with van der Waals surface area (Å²) in [5, 5.41) is 11.9. The maximum Gasteiger partial charge on any atom is 0.317 e. The van der Waals surface area contributed by atoms with Crippen LogP contribution in [0, 0.1) is 5.92 Å². The van der Waals surface area contributed by atoms with Gasteiger partial charge in [-0.05, 0) is 37.9 Å². The smallest absolute Gasteiger partial charge is 0.317 e. The van der Waals surface area contributed by atoms with E-state index >= 15 is 0 Å². The van der Waals surface area contributed by atoms with Crippen molar-refractivity contribution in [3.05, 3.63) is 0 Å². The molecule has 2 N–H and O–H groups in total.